The third-order valence-corrected chi connectivity index (χ3v) is 2.99. The van der Waals surface area contributed by atoms with Crippen molar-refractivity contribution in [1.29, 1.82) is 0 Å². The van der Waals surface area contributed by atoms with Gasteiger partial charge in [0.15, 0.2) is 5.84 Å². The lowest BCUT2D eigenvalue weighted by atomic mass is 10.3. The minimum Gasteiger partial charge on any atom is -0.353 e. The lowest BCUT2D eigenvalue weighted by Crippen LogP contribution is -2.28. The van der Waals surface area contributed by atoms with E-state index in [-0.39, 0.29) is 0 Å². The van der Waals surface area contributed by atoms with E-state index in [2.05, 4.69) is 26.8 Å². The summed E-state index contributed by atoms with van der Waals surface area (Å²) in [6.07, 6.45) is 1.81. The zero-order chi connectivity index (χ0) is 11.7. The number of hydrogen-bond acceptors (Lipinski definition) is 4. The third-order valence-electron chi connectivity index (χ3n) is 2.99. The van der Waals surface area contributed by atoms with E-state index in [0.717, 1.165) is 42.2 Å². The minimum atomic E-state index is 0.859. The average Bonchev–Trinajstić information content (AvgIpc) is 2.86. The number of aromatic nitrogens is 2. The molecule has 0 saturated carbocycles. The Morgan fingerprint density at radius 2 is 2.06 bits per heavy atom. The van der Waals surface area contributed by atoms with Crippen molar-refractivity contribution >= 4 is 16.9 Å². The van der Waals surface area contributed by atoms with Crippen molar-refractivity contribution < 1.29 is 0 Å². The molecule has 0 radical (unpaired) electrons. The molecule has 1 aliphatic heterocycles. The van der Waals surface area contributed by atoms with Gasteiger partial charge in [-0.05, 0) is 19.1 Å². The van der Waals surface area contributed by atoms with Crippen LogP contribution in [0.2, 0.25) is 0 Å². The Kier molecular flexibility index (Phi) is 2.48. The Morgan fingerprint density at radius 3 is 2.88 bits per heavy atom. The summed E-state index contributed by atoms with van der Waals surface area (Å²) in [7, 11) is 0. The second-order valence-corrected chi connectivity index (χ2v) is 4.03. The van der Waals surface area contributed by atoms with Crippen LogP contribution in [-0.4, -0.2) is 40.3 Å². The molecule has 0 atom stereocenters. The summed E-state index contributed by atoms with van der Waals surface area (Å²) in [5.74, 6) is 0.978. The zero-order valence-electron chi connectivity index (χ0n) is 9.80. The van der Waals surface area contributed by atoms with Crippen molar-refractivity contribution in [3.05, 3.63) is 36.2 Å². The Bertz CT molecular complexity index is 576. The summed E-state index contributed by atoms with van der Waals surface area (Å²) < 4.78 is 0. The summed E-state index contributed by atoms with van der Waals surface area (Å²) >= 11 is 0. The van der Waals surface area contributed by atoms with Gasteiger partial charge in [-0.3, -0.25) is 9.98 Å². The van der Waals surface area contributed by atoms with Crippen LogP contribution >= 0.6 is 0 Å². The largest absolute Gasteiger partial charge is 0.353 e. The normalized spacial score (nSPS) is 15.4. The summed E-state index contributed by atoms with van der Waals surface area (Å²) in [5, 5.41) is 0. The van der Waals surface area contributed by atoms with Crippen LogP contribution in [0.15, 0.2) is 35.5 Å². The van der Waals surface area contributed by atoms with Crippen LogP contribution in [0.3, 0.4) is 0 Å². The highest BCUT2D eigenvalue weighted by Gasteiger charge is 2.18. The van der Waals surface area contributed by atoms with Gasteiger partial charge in [-0.1, -0.05) is 12.1 Å². The van der Waals surface area contributed by atoms with Crippen LogP contribution < -0.4 is 0 Å². The zero-order valence-corrected chi connectivity index (χ0v) is 9.80. The lowest BCUT2D eigenvalue weighted by Gasteiger charge is -2.17. The number of nitrogens with zero attached hydrogens (tertiary/aromatic N) is 4. The van der Waals surface area contributed by atoms with Gasteiger partial charge in [0, 0.05) is 13.1 Å². The fraction of sp³-hybridized carbons (Fsp3) is 0.308. The highest BCUT2D eigenvalue weighted by atomic mass is 15.2. The minimum absolute atomic E-state index is 0.859. The number of likely N-dealkylation sites (N-methyl/N-ethyl adjacent to an activating group) is 1. The van der Waals surface area contributed by atoms with E-state index in [0.29, 0.717) is 0 Å². The molecule has 0 spiro atoms. The molecule has 0 unspecified atom stereocenters. The van der Waals surface area contributed by atoms with Gasteiger partial charge >= 0.3 is 0 Å². The van der Waals surface area contributed by atoms with E-state index in [4.69, 9.17) is 0 Å². The van der Waals surface area contributed by atoms with Gasteiger partial charge in [0.05, 0.1) is 23.8 Å². The highest BCUT2D eigenvalue weighted by Crippen LogP contribution is 2.12. The quantitative estimate of drug-likeness (QED) is 0.782. The number of amidine groups is 1. The molecule has 0 N–H and O–H groups in total. The first kappa shape index (κ1) is 10.2. The molecule has 0 amide bonds. The molecular formula is C13H14N4. The maximum Gasteiger partial charge on any atom is 0.151 e. The van der Waals surface area contributed by atoms with E-state index >= 15 is 0 Å². The van der Waals surface area contributed by atoms with E-state index in [9.17, 15) is 0 Å². The number of aliphatic imine (C=N–C) groups is 1. The molecule has 1 aliphatic rings. The van der Waals surface area contributed by atoms with Gasteiger partial charge in [-0.25, -0.2) is 4.98 Å². The van der Waals surface area contributed by atoms with E-state index in [1.165, 1.54) is 0 Å². The lowest BCUT2D eigenvalue weighted by molar-refractivity contribution is 0.483. The average molecular weight is 226 g/mol. The monoisotopic (exact) mass is 226 g/mol. The fourth-order valence-corrected chi connectivity index (χ4v) is 2.10. The van der Waals surface area contributed by atoms with Crippen LogP contribution in [0, 0.1) is 0 Å². The Morgan fingerprint density at radius 1 is 1.24 bits per heavy atom. The smallest absolute Gasteiger partial charge is 0.151 e. The van der Waals surface area contributed by atoms with Crippen molar-refractivity contribution in [1.82, 2.24) is 14.9 Å². The van der Waals surface area contributed by atoms with E-state index in [1.807, 2.05) is 30.5 Å². The van der Waals surface area contributed by atoms with Crippen LogP contribution in [0.4, 0.5) is 0 Å². The topological polar surface area (TPSA) is 41.4 Å². The van der Waals surface area contributed by atoms with Crippen molar-refractivity contribution in [3.63, 3.8) is 0 Å². The summed E-state index contributed by atoms with van der Waals surface area (Å²) in [6, 6.07) is 7.91. The first-order valence-corrected chi connectivity index (χ1v) is 5.90. The third kappa shape index (κ3) is 1.75. The van der Waals surface area contributed by atoms with Gasteiger partial charge in [0.1, 0.15) is 5.69 Å². The molecule has 1 aromatic carbocycles. The number of rotatable bonds is 2. The van der Waals surface area contributed by atoms with E-state index in [1.54, 1.807) is 0 Å². The Balaban J connectivity index is 2.06. The second-order valence-electron chi connectivity index (χ2n) is 4.03. The molecule has 4 heteroatoms. The highest BCUT2D eigenvalue weighted by molar-refractivity contribution is 5.99. The van der Waals surface area contributed by atoms with Gasteiger partial charge in [-0.15, -0.1) is 0 Å². The standard InChI is InChI=1S/C13H14N4/c1-2-17-8-7-14-13(17)12-9-15-10-5-3-4-6-11(10)16-12/h3-6,9H,2,7-8H2,1H3. The molecule has 86 valence electrons. The van der Waals surface area contributed by atoms with Gasteiger partial charge in [0.2, 0.25) is 0 Å². The fourth-order valence-electron chi connectivity index (χ4n) is 2.10. The van der Waals surface area contributed by atoms with Crippen molar-refractivity contribution in [2.45, 2.75) is 6.92 Å². The van der Waals surface area contributed by atoms with Crippen LogP contribution in [0.1, 0.15) is 12.6 Å². The van der Waals surface area contributed by atoms with Crippen molar-refractivity contribution in [2.75, 3.05) is 19.6 Å². The maximum absolute atomic E-state index is 4.62. The van der Waals surface area contributed by atoms with Gasteiger partial charge < -0.3 is 4.90 Å². The molecule has 2 heterocycles. The number of fused-ring (bicyclic) bond motifs is 1. The summed E-state index contributed by atoms with van der Waals surface area (Å²) in [5.41, 5.74) is 2.73. The predicted molar refractivity (Wildman–Crippen MR) is 68.2 cm³/mol. The summed E-state index contributed by atoms with van der Waals surface area (Å²) in [4.78, 5) is 15.8. The van der Waals surface area contributed by atoms with Crippen LogP contribution in [0.5, 0.6) is 0 Å². The summed E-state index contributed by atoms with van der Waals surface area (Å²) in [6.45, 7) is 4.95. The Labute approximate surface area is 100 Å². The molecule has 0 fully saturated rings. The molecule has 2 aromatic rings. The number of benzene rings is 1. The molecule has 1 aromatic heterocycles. The van der Waals surface area contributed by atoms with Gasteiger partial charge in [0.25, 0.3) is 0 Å². The number of para-hydroxylation sites is 2. The molecule has 3 rings (SSSR count). The van der Waals surface area contributed by atoms with E-state index < -0.39 is 0 Å². The first-order chi connectivity index (χ1) is 8.38. The molecule has 4 nitrogen and oxygen atoms in total. The first-order valence-electron chi connectivity index (χ1n) is 5.90. The van der Waals surface area contributed by atoms with Crippen molar-refractivity contribution in [2.24, 2.45) is 4.99 Å². The molecule has 0 bridgehead atoms. The van der Waals surface area contributed by atoms with Crippen molar-refractivity contribution in [3.8, 4) is 0 Å². The molecular weight excluding hydrogens is 212 g/mol. The Hall–Kier alpha value is -1.97. The second kappa shape index (κ2) is 4.13. The SMILES string of the molecule is CCN1CCN=C1c1cnc2ccccc2n1. The molecule has 0 aliphatic carbocycles. The number of hydrogen-bond donors (Lipinski definition) is 0. The van der Waals surface area contributed by atoms with Crippen LogP contribution in [-0.2, 0) is 0 Å². The predicted octanol–water partition coefficient (Wildman–Crippen LogP) is 1.71. The maximum atomic E-state index is 4.62. The molecule has 0 saturated heterocycles. The van der Waals surface area contributed by atoms with Crippen LogP contribution in [0.25, 0.3) is 11.0 Å². The van der Waals surface area contributed by atoms with Gasteiger partial charge in [-0.2, -0.15) is 0 Å². The molecule has 17 heavy (non-hydrogen) atoms.